The van der Waals surface area contributed by atoms with E-state index in [1.54, 1.807) is 22.9 Å². The van der Waals surface area contributed by atoms with Gasteiger partial charge in [0.25, 0.3) is 0 Å². The van der Waals surface area contributed by atoms with Gasteiger partial charge in [0.05, 0.1) is 6.10 Å². The van der Waals surface area contributed by atoms with Crippen LogP contribution in [-0.2, 0) is 4.79 Å². The molecule has 0 aliphatic rings. The predicted molar refractivity (Wildman–Crippen MR) is 40.3 cm³/mol. The molecule has 0 aromatic carbocycles. The summed E-state index contributed by atoms with van der Waals surface area (Å²) in [7, 11) is 0. The zero-order valence-corrected chi connectivity index (χ0v) is 6.99. The van der Waals surface area contributed by atoms with Crippen molar-refractivity contribution in [3.8, 4) is 0 Å². The number of carboxylic acid groups (broad SMARTS) is 1. The van der Waals surface area contributed by atoms with Crippen LogP contribution in [0.2, 0.25) is 0 Å². The third-order valence-electron chi connectivity index (χ3n) is 0.866. The molecule has 0 saturated heterocycles. The molecular weight excluding hydrogens is 237 g/mol. The standard InChI is InChI=1S/C4H8INO3/c1-2(7)3(6-5)4(8)9/h2-3,6-7H,1H3,(H,8,9)/t2-,3+/m1/s1. The summed E-state index contributed by atoms with van der Waals surface area (Å²) in [5.74, 6) is -1.04. The van der Waals surface area contributed by atoms with Crippen molar-refractivity contribution in [3.63, 3.8) is 0 Å². The highest BCUT2D eigenvalue weighted by Gasteiger charge is 2.20. The molecule has 0 bridgehead atoms. The van der Waals surface area contributed by atoms with Gasteiger partial charge in [0.2, 0.25) is 0 Å². The zero-order chi connectivity index (χ0) is 7.44. The number of carbonyl (C=O) groups is 1. The van der Waals surface area contributed by atoms with Crippen LogP contribution < -0.4 is 3.53 Å². The number of carboxylic acids is 1. The summed E-state index contributed by atoms with van der Waals surface area (Å²) < 4.78 is 2.42. The molecule has 0 amide bonds. The van der Waals surface area contributed by atoms with Crippen LogP contribution in [0.1, 0.15) is 6.92 Å². The van der Waals surface area contributed by atoms with Gasteiger partial charge in [-0.25, -0.2) is 3.53 Å². The first kappa shape index (κ1) is 9.12. The first-order chi connectivity index (χ1) is 4.09. The van der Waals surface area contributed by atoms with Gasteiger partial charge < -0.3 is 10.2 Å². The van der Waals surface area contributed by atoms with Crippen molar-refractivity contribution in [1.82, 2.24) is 3.53 Å². The van der Waals surface area contributed by atoms with E-state index in [-0.39, 0.29) is 0 Å². The van der Waals surface area contributed by atoms with Crippen LogP contribution in [0.3, 0.4) is 0 Å². The van der Waals surface area contributed by atoms with Crippen molar-refractivity contribution in [2.75, 3.05) is 0 Å². The topological polar surface area (TPSA) is 69.6 Å². The van der Waals surface area contributed by atoms with E-state index in [1.165, 1.54) is 6.92 Å². The van der Waals surface area contributed by atoms with Gasteiger partial charge in [-0.2, -0.15) is 0 Å². The smallest absolute Gasteiger partial charge is 0.324 e. The summed E-state index contributed by atoms with van der Waals surface area (Å²) in [5, 5.41) is 17.1. The summed E-state index contributed by atoms with van der Waals surface area (Å²) in [6.07, 6.45) is -0.862. The second-order valence-electron chi connectivity index (χ2n) is 1.67. The normalized spacial score (nSPS) is 16.8. The molecule has 0 unspecified atom stereocenters. The summed E-state index contributed by atoms with van der Waals surface area (Å²) in [4.78, 5) is 10.1. The Kier molecular flexibility index (Phi) is 4.07. The molecule has 0 aliphatic heterocycles. The van der Waals surface area contributed by atoms with Gasteiger partial charge in [0.1, 0.15) is 6.04 Å². The number of hydrogen-bond donors (Lipinski definition) is 3. The van der Waals surface area contributed by atoms with Crippen molar-refractivity contribution < 1.29 is 15.0 Å². The lowest BCUT2D eigenvalue weighted by Crippen LogP contribution is -2.39. The molecule has 0 spiro atoms. The van der Waals surface area contributed by atoms with Crippen molar-refractivity contribution in [2.45, 2.75) is 19.1 Å². The van der Waals surface area contributed by atoms with Crippen LogP contribution in [0.25, 0.3) is 0 Å². The van der Waals surface area contributed by atoms with Gasteiger partial charge in [-0.1, -0.05) is 0 Å². The van der Waals surface area contributed by atoms with Crippen LogP contribution in [0.15, 0.2) is 0 Å². The summed E-state index contributed by atoms with van der Waals surface area (Å²) >= 11 is 1.69. The van der Waals surface area contributed by atoms with E-state index in [4.69, 9.17) is 10.2 Å². The van der Waals surface area contributed by atoms with Crippen LogP contribution in [-0.4, -0.2) is 28.3 Å². The molecule has 4 nitrogen and oxygen atoms in total. The number of aliphatic hydroxyl groups excluding tert-OH is 1. The minimum Gasteiger partial charge on any atom is -0.480 e. The lowest BCUT2D eigenvalue weighted by Gasteiger charge is -2.11. The maximum Gasteiger partial charge on any atom is 0.324 e. The highest BCUT2D eigenvalue weighted by Crippen LogP contribution is 1.94. The van der Waals surface area contributed by atoms with Gasteiger partial charge in [0, 0.05) is 22.9 Å². The minimum absolute atomic E-state index is 0.862. The van der Waals surface area contributed by atoms with Crippen LogP contribution in [0.5, 0.6) is 0 Å². The Morgan fingerprint density at radius 2 is 2.22 bits per heavy atom. The Labute approximate surface area is 66.8 Å². The SMILES string of the molecule is C[C@@H](O)[C@H](NI)C(=O)O. The quantitative estimate of drug-likeness (QED) is 0.474. The van der Waals surface area contributed by atoms with Crippen LogP contribution in [0, 0.1) is 0 Å². The molecule has 54 valence electrons. The van der Waals surface area contributed by atoms with Crippen molar-refractivity contribution in [2.24, 2.45) is 0 Å². The fourth-order valence-corrected chi connectivity index (χ4v) is 1.13. The molecule has 3 N–H and O–H groups in total. The van der Waals surface area contributed by atoms with Crippen molar-refractivity contribution in [1.29, 1.82) is 0 Å². The molecule has 0 rings (SSSR count). The molecule has 0 aromatic rings. The van der Waals surface area contributed by atoms with E-state index >= 15 is 0 Å². The molecule has 0 fully saturated rings. The van der Waals surface area contributed by atoms with E-state index in [1.807, 2.05) is 0 Å². The molecule has 5 heteroatoms. The number of halogens is 1. The van der Waals surface area contributed by atoms with Crippen LogP contribution in [0.4, 0.5) is 0 Å². The summed E-state index contributed by atoms with van der Waals surface area (Å²) in [5.41, 5.74) is 0. The second kappa shape index (κ2) is 4.02. The molecule has 0 radical (unpaired) electrons. The van der Waals surface area contributed by atoms with Gasteiger partial charge in [-0.3, -0.25) is 4.79 Å². The highest BCUT2D eigenvalue weighted by atomic mass is 127. The maximum atomic E-state index is 10.1. The largest absolute Gasteiger partial charge is 0.480 e. The second-order valence-corrected chi connectivity index (χ2v) is 2.29. The molecule has 2 atom stereocenters. The van der Waals surface area contributed by atoms with Crippen molar-refractivity contribution in [3.05, 3.63) is 0 Å². The lowest BCUT2D eigenvalue weighted by atomic mass is 10.2. The highest BCUT2D eigenvalue weighted by molar-refractivity contribution is 14.1. The molecular formula is C4H8INO3. The minimum atomic E-state index is -1.04. The monoisotopic (exact) mass is 245 g/mol. The number of nitrogens with one attached hydrogen (secondary N) is 1. The first-order valence-electron chi connectivity index (χ1n) is 2.36. The number of aliphatic carboxylic acids is 1. The van der Waals surface area contributed by atoms with E-state index in [9.17, 15) is 4.79 Å². The average Bonchev–Trinajstić information content (AvgIpc) is 1.64. The van der Waals surface area contributed by atoms with Gasteiger partial charge >= 0.3 is 5.97 Å². The Hall–Kier alpha value is 0.120. The Morgan fingerprint density at radius 1 is 1.78 bits per heavy atom. The fraction of sp³-hybridized carbons (Fsp3) is 0.750. The fourth-order valence-electron chi connectivity index (χ4n) is 0.344. The average molecular weight is 245 g/mol. The van der Waals surface area contributed by atoms with E-state index in [0.29, 0.717) is 0 Å². The molecule has 0 aromatic heterocycles. The molecule has 9 heavy (non-hydrogen) atoms. The first-order valence-corrected chi connectivity index (χ1v) is 3.44. The van der Waals surface area contributed by atoms with E-state index < -0.39 is 18.1 Å². The summed E-state index contributed by atoms with van der Waals surface area (Å²) in [6.45, 7) is 1.42. The zero-order valence-electron chi connectivity index (χ0n) is 4.84. The number of hydrogen-bond acceptors (Lipinski definition) is 3. The predicted octanol–water partition coefficient (Wildman–Crippen LogP) is -0.240. The number of rotatable bonds is 3. The Morgan fingerprint density at radius 3 is 2.22 bits per heavy atom. The molecule has 0 aliphatic carbocycles. The summed E-state index contributed by atoms with van der Waals surface area (Å²) in [6, 6.07) is -0.870. The molecule has 0 saturated carbocycles. The van der Waals surface area contributed by atoms with Gasteiger partial charge in [-0.05, 0) is 6.92 Å². The molecule has 0 heterocycles. The van der Waals surface area contributed by atoms with E-state index in [0.717, 1.165) is 0 Å². The van der Waals surface area contributed by atoms with Gasteiger partial charge in [0.15, 0.2) is 0 Å². The van der Waals surface area contributed by atoms with Crippen molar-refractivity contribution >= 4 is 28.8 Å². The number of aliphatic hydroxyl groups is 1. The third kappa shape index (κ3) is 2.97. The third-order valence-corrected chi connectivity index (χ3v) is 1.54. The Balaban J connectivity index is 3.83. The van der Waals surface area contributed by atoms with Crippen LogP contribution >= 0.6 is 22.9 Å². The Bertz CT molecular complexity index is 106. The lowest BCUT2D eigenvalue weighted by molar-refractivity contribution is -0.141. The van der Waals surface area contributed by atoms with E-state index in [2.05, 4.69) is 3.53 Å². The van der Waals surface area contributed by atoms with Gasteiger partial charge in [-0.15, -0.1) is 0 Å². The maximum absolute atomic E-state index is 10.1.